The molecule has 0 aliphatic carbocycles. The van der Waals surface area contributed by atoms with Crippen molar-refractivity contribution < 1.29 is 19.1 Å². The largest absolute Gasteiger partial charge is 0.493 e. The first kappa shape index (κ1) is 21.0. The van der Waals surface area contributed by atoms with Gasteiger partial charge in [-0.05, 0) is 47.9 Å². The van der Waals surface area contributed by atoms with Crippen LogP contribution in [-0.4, -0.2) is 25.5 Å². The summed E-state index contributed by atoms with van der Waals surface area (Å²) in [5.41, 5.74) is 2.51. The second-order valence-corrected chi connectivity index (χ2v) is 6.19. The van der Waals surface area contributed by atoms with Crippen molar-refractivity contribution in [1.29, 1.82) is 0 Å². The van der Waals surface area contributed by atoms with E-state index in [-0.39, 0.29) is 11.8 Å². The first-order valence-corrected chi connectivity index (χ1v) is 9.15. The molecule has 2 aromatic carbocycles. The van der Waals surface area contributed by atoms with Crippen molar-refractivity contribution in [3.63, 3.8) is 0 Å². The van der Waals surface area contributed by atoms with E-state index in [0.29, 0.717) is 24.7 Å². The van der Waals surface area contributed by atoms with Gasteiger partial charge in [-0.15, -0.1) is 0 Å². The van der Waals surface area contributed by atoms with Crippen LogP contribution in [0, 0.1) is 0 Å². The van der Waals surface area contributed by atoms with Gasteiger partial charge in [-0.1, -0.05) is 25.1 Å². The van der Waals surface area contributed by atoms with Crippen LogP contribution in [0.1, 0.15) is 31.4 Å². The number of ether oxygens (including phenoxy) is 2. The van der Waals surface area contributed by atoms with Gasteiger partial charge in [0.05, 0.1) is 13.7 Å². The molecular formula is C22H26N2O4. The number of benzene rings is 2. The van der Waals surface area contributed by atoms with Crippen molar-refractivity contribution in [2.24, 2.45) is 0 Å². The normalized spacial score (nSPS) is 10.5. The minimum Gasteiger partial charge on any atom is -0.493 e. The van der Waals surface area contributed by atoms with Gasteiger partial charge < -0.3 is 20.1 Å². The van der Waals surface area contributed by atoms with Crippen LogP contribution >= 0.6 is 0 Å². The zero-order valence-electron chi connectivity index (χ0n) is 16.5. The van der Waals surface area contributed by atoms with E-state index in [1.165, 1.54) is 13.0 Å². The van der Waals surface area contributed by atoms with Gasteiger partial charge in [0.1, 0.15) is 0 Å². The Balaban J connectivity index is 1.90. The molecule has 0 aromatic heterocycles. The monoisotopic (exact) mass is 382 g/mol. The molecule has 6 heteroatoms. The molecule has 0 fully saturated rings. The van der Waals surface area contributed by atoms with Crippen LogP contribution < -0.4 is 20.1 Å². The fraction of sp³-hybridized carbons (Fsp3) is 0.273. The number of rotatable bonds is 9. The molecule has 0 bridgehead atoms. The lowest BCUT2D eigenvalue weighted by Crippen LogP contribution is -2.20. The third-order valence-electron chi connectivity index (χ3n) is 3.82. The summed E-state index contributed by atoms with van der Waals surface area (Å²) in [6, 6.07) is 12.8. The van der Waals surface area contributed by atoms with E-state index >= 15 is 0 Å². The highest BCUT2D eigenvalue weighted by Gasteiger charge is 2.05. The van der Waals surface area contributed by atoms with E-state index in [9.17, 15) is 9.59 Å². The first-order chi connectivity index (χ1) is 13.5. The van der Waals surface area contributed by atoms with E-state index in [0.717, 1.165) is 23.2 Å². The third-order valence-corrected chi connectivity index (χ3v) is 3.82. The molecule has 0 saturated carbocycles. The van der Waals surface area contributed by atoms with E-state index in [1.54, 1.807) is 25.3 Å². The first-order valence-electron chi connectivity index (χ1n) is 9.15. The molecule has 148 valence electrons. The SMILES string of the molecule is CCCOc1ccc(C=CC(=O)NCc2ccc(NC(C)=O)cc2)cc1OC. The van der Waals surface area contributed by atoms with Gasteiger partial charge >= 0.3 is 0 Å². The molecule has 28 heavy (non-hydrogen) atoms. The molecule has 6 nitrogen and oxygen atoms in total. The van der Waals surface area contributed by atoms with Crippen molar-refractivity contribution in [2.45, 2.75) is 26.8 Å². The fourth-order valence-electron chi connectivity index (χ4n) is 2.45. The summed E-state index contributed by atoms with van der Waals surface area (Å²) in [7, 11) is 1.59. The van der Waals surface area contributed by atoms with Crippen LogP contribution in [0.25, 0.3) is 6.08 Å². The van der Waals surface area contributed by atoms with Crippen LogP contribution in [0.2, 0.25) is 0 Å². The fourth-order valence-corrected chi connectivity index (χ4v) is 2.45. The van der Waals surface area contributed by atoms with Crippen molar-refractivity contribution in [3.05, 3.63) is 59.7 Å². The maximum Gasteiger partial charge on any atom is 0.244 e. The van der Waals surface area contributed by atoms with Gasteiger partial charge in [-0.25, -0.2) is 0 Å². The molecule has 0 aliphatic heterocycles. The van der Waals surface area contributed by atoms with Crippen molar-refractivity contribution in [3.8, 4) is 11.5 Å². The number of hydrogen-bond donors (Lipinski definition) is 2. The van der Waals surface area contributed by atoms with E-state index < -0.39 is 0 Å². The zero-order chi connectivity index (χ0) is 20.4. The van der Waals surface area contributed by atoms with Gasteiger partial charge in [0, 0.05) is 25.2 Å². The number of carbonyl (C=O) groups is 2. The standard InChI is InChI=1S/C22H26N2O4/c1-4-13-28-20-11-7-17(14-21(20)27-3)8-12-22(26)23-15-18-5-9-19(10-6-18)24-16(2)25/h5-12,14H,4,13,15H2,1-3H3,(H,23,26)(H,24,25). The Morgan fingerprint density at radius 3 is 2.46 bits per heavy atom. The predicted molar refractivity (Wildman–Crippen MR) is 110 cm³/mol. The Morgan fingerprint density at radius 2 is 1.82 bits per heavy atom. The van der Waals surface area contributed by atoms with Crippen molar-refractivity contribution in [1.82, 2.24) is 5.32 Å². The van der Waals surface area contributed by atoms with Crippen LogP contribution in [0.5, 0.6) is 11.5 Å². The maximum atomic E-state index is 12.1. The van der Waals surface area contributed by atoms with Crippen LogP contribution in [0.4, 0.5) is 5.69 Å². The summed E-state index contributed by atoms with van der Waals surface area (Å²) in [5.74, 6) is 1.01. The number of anilines is 1. The molecule has 2 amide bonds. The average Bonchev–Trinajstić information content (AvgIpc) is 2.70. The lowest BCUT2D eigenvalue weighted by Gasteiger charge is -2.10. The quantitative estimate of drug-likeness (QED) is 0.647. The molecule has 0 saturated heterocycles. The molecule has 0 heterocycles. The van der Waals surface area contributed by atoms with E-state index in [1.807, 2.05) is 37.3 Å². The van der Waals surface area contributed by atoms with Crippen molar-refractivity contribution >= 4 is 23.6 Å². The highest BCUT2D eigenvalue weighted by Crippen LogP contribution is 2.28. The van der Waals surface area contributed by atoms with Gasteiger partial charge in [0.25, 0.3) is 0 Å². The topological polar surface area (TPSA) is 76.7 Å². The Morgan fingerprint density at radius 1 is 1.07 bits per heavy atom. The number of hydrogen-bond acceptors (Lipinski definition) is 4. The predicted octanol–water partition coefficient (Wildman–Crippen LogP) is 3.77. The molecule has 0 atom stereocenters. The lowest BCUT2D eigenvalue weighted by atomic mass is 10.2. The summed E-state index contributed by atoms with van der Waals surface area (Å²) in [6.45, 7) is 4.53. The highest BCUT2D eigenvalue weighted by molar-refractivity contribution is 5.91. The summed E-state index contributed by atoms with van der Waals surface area (Å²) >= 11 is 0. The lowest BCUT2D eigenvalue weighted by molar-refractivity contribution is -0.116. The van der Waals surface area contributed by atoms with E-state index in [4.69, 9.17) is 9.47 Å². The maximum absolute atomic E-state index is 12.1. The molecule has 0 radical (unpaired) electrons. The summed E-state index contributed by atoms with van der Waals surface area (Å²) in [5, 5.41) is 5.53. The Bertz CT molecular complexity index is 829. The third kappa shape index (κ3) is 6.79. The smallest absolute Gasteiger partial charge is 0.244 e. The minimum atomic E-state index is -0.198. The second-order valence-electron chi connectivity index (χ2n) is 6.19. The number of amides is 2. The van der Waals surface area contributed by atoms with Gasteiger partial charge in [-0.2, -0.15) is 0 Å². The molecule has 2 N–H and O–H groups in total. The number of methoxy groups -OCH3 is 1. The Kier molecular flexibility index (Phi) is 8.09. The summed E-state index contributed by atoms with van der Waals surface area (Å²) in [4.78, 5) is 23.1. The average molecular weight is 382 g/mol. The minimum absolute atomic E-state index is 0.118. The zero-order valence-corrected chi connectivity index (χ0v) is 16.5. The molecule has 0 spiro atoms. The summed E-state index contributed by atoms with van der Waals surface area (Å²) in [6.07, 6.45) is 4.12. The molecule has 0 aliphatic rings. The molecule has 0 unspecified atom stereocenters. The molecule has 2 rings (SSSR count). The number of nitrogens with one attached hydrogen (secondary N) is 2. The van der Waals surface area contributed by atoms with Gasteiger partial charge in [0.2, 0.25) is 11.8 Å². The van der Waals surface area contributed by atoms with Crippen LogP contribution in [-0.2, 0) is 16.1 Å². The van der Waals surface area contributed by atoms with Gasteiger partial charge in [0.15, 0.2) is 11.5 Å². The highest BCUT2D eigenvalue weighted by atomic mass is 16.5. The van der Waals surface area contributed by atoms with Crippen LogP contribution in [0.3, 0.4) is 0 Å². The molecular weight excluding hydrogens is 356 g/mol. The van der Waals surface area contributed by atoms with Crippen molar-refractivity contribution in [2.75, 3.05) is 19.0 Å². The Hall–Kier alpha value is -3.28. The second kappa shape index (κ2) is 10.8. The Labute approximate surface area is 165 Å². The number of carbonyl (C=O) groups excluding carboxylic acids is 2. The van der Waals surface area contributed by atoms with Gasteiger partial charge in [-0.3, -0.25) is 9.59 Å². The molecule has 2 aromatic rings. The summed E-state index contributed by atoms with van der Waals surface area (Å²) < 4.78 is 11.0. The van der Waals surface area contributed by atoms with E-state index in [2.05, 4.69) is 10.6 Å². The van der Waals surface area contributed by atoms with Crippen LogP contribution in [0.15, 0.2) is 48.5 Å².